The first kappa shape index (κ1) is 7.28. The topological polar surface area (TPSA) is 30.2 Å². The van der Waals surface area contributed by atoms with Gasteiger partial charge in [-0.05, 0) is 30.5 Å². The molecule has 3 heteroatoms. The average Bonchev–Trinajstić information content (AvgIpc) is 2.52. The molecule has 3 nitrogen and oxygen atoms in total. The number of pyridine rings is 1. The Kier molecular flexibility index (Phi) is 1.57. The van der Waals surface area contributed by atoms with E-state index in [9.17, 15) is 0 Å². The fourth-order valence-electron chi connectivity index (χ4n) is 1.47. The first-order valence-corrected chi connectivity index (χ1v) is 4.10. The molecule has 0 aromatic carbocycles. The Balaban J connectivity index is 2.83. The summed E-state index contributed by atoms with van der Waals surface area (Å²) in [4.78, 5) is 0. The Morgan fingerprint density at radius 2 is 2.33 bits per heavy atom. The summed E-state index contributed by atoms with van der Waals surface area (Å²) in [6, 6.07) is 2.09. The SMILES string of the molecule is CCc1c(C)ccn2cnnc12. The Bertz CT molecular complexity index is 403. The summed E-state index contributed by atoms with van der Waals surface area (Å²) < 4.78 is 1.95. The van der Waals surface area contributed by atoms with Crippen molar-refractivity contribution in [1.82, 2.24) is 14.6 Å². The van der Waals surface area contributed by atoms with Crippen LogP contribution in [0.15, 0.2) is 18.6 Å². The van der Waals surface area contributed by atoms with Gasteiger partial charge in [0.15, 0.2) is 5.65 Å². The highest BCUT2D eigenvalue weighted by molar-refractivity contribution is 5.50. The van der Waals surface area contributed by atoms with Crippen LogP contribution < -0.4 is 0 Å². The molecule has 0 N–H and O–H groups in total. The minimum Gasteiger partial charge on any atom is -0.289 e. The number of fused-ring (bicyclic) bond motifs is 1. The Hall–Kier alpha value is -1.38. The first-order chi connectivity index (χ1) is 5.83. The van der Waals surface area contributed by atoms with Crippen LogP contribution in [0.5, 0.6) is 0 Å². The second-order valence-corrected chi connectivity index (χ2v) is 2.89. The maximum atomic E-state index is 4.06. The lowest BCUT2D eigenvalue weighted by Crippen LogP contribution is -1.93. The van der Waals surface area contributed by atoms with Gasteiger partial charge in [-0.15, -0.1) is 10.2 Å². The number of aryl methyl sites for hydroxylation is 2. The predicted molar refractivity (Wildman–Crippen MR) is 47.1 cm³/mol. The number of nitrogens with zero attached hydrogens (tertiary/aromatic N) is 3. The van der Waals surface area contributed by atoms with Gasteiger partial charge in [-0.2, -0.15) is 0 Å². The normalized spacial score (nSPS) is 10.8. The third-order valence-electron chi connectivity index (χ3n) is 2.16. The molecule has 0 saturated carbocycles. The largest absolute Gasteiger partial charge is 0.289 e. The molecule has 2 rings (SSSR count). The van der Waals surface area contributed by atoms with Crippen molar-refractivity contribution in [2.75, 3.05) is 0 Å². The van der Waals surface area contributed by atoms with Crippen molar-refractivity contribution in [3.05, 3.63) is 29.7 Å². The van der Waals surface area contributed by atoms with E-state index in [1.807, 2.05) is 10.6 Å². The molecule has 2 aromatic heterocycles. The van der Waals surface area contributed by atoms with Crippen LogP contribution in [-0.4, -0.2) is 14.6 Å². The highest BCUT2D eigenvalue weighted by Gasteiger charge is 2.03. The molecule has 0 aliphatic carbocycles. The number of hydrogen-bond donors (Lipinski definition) is 0. The van der Waals surface area contributed by atoms with Gasteiger partial charge < -0.3 is 0 Å². The zero-order valence-corrected chi connectivity index (χ0v) is 7.28. The van der Waals surface area contributed by atoms with Crippen LogP contribution >= 0.6 is 0 Å². The summed E-state index contributed by atoms with van der Waals surface area (Å²) in [6.45, 7) is 4.24. The second-order valence-electron chi connectivity index (χ2n) is 2.89. The molecular weight excluding hydrogens is 150 g/mol. The molecule has 0 aliphatic rings. The van der Waals surface area contributed by atoms with Crippen LogP contribution in [0, 0.1) is 6.92 Å². The van der Waals surface area contributed by atoms with Gasteiger partial charge in [-0.25, -0.2) is 0 Å². The molecular formula is C9H11N3. The van der Waals surface area contributed by atoms with Crippen molar-refractivity contribution in [2.45, 2.75) is 20.3 Å². The van der Waals surface area contributed by atoms with Crippen LogP contribution in [0.4, 0.5) is 0 Å². The lowest BCUT2D eigenvalue weighted by Gasteiger charge is -2.02. The maximum Gasteiger partial charge on any atom is 0.164 e. The lowest BCUT2D eigenvalue weighted by atomic mass is 10.1. The van der Waals surface area contributed by atoms with Gasteiger partial charge in [0.2, 0.25) is 0 Å². The van der Waals surface area contributed by atoms with E-state index < -0.39 is 0 Å². The van der Waals surface area contributed by atoms with Crippen molar-refractivity contribution in [2.24, 2.45) is 0 Å². The molecule has 0 bridgehead atoms. The zero-order chi connectivity index (χ0) is 8.55. The van der Waals surface area contributed by atoms with Crippen molar-refractivity contribution in [1.29, 1.82) is 0 Å². The molecule has 62 valence electrons. The molecule has 2 aromatic rings. The van der Waals surface area contributed by atoms with E-state index >= 15 is 0 Å². The van der Waals surface area contributed by atoms with E-state index in [0.29, 0.717) is 0 Å². The zero-order valence-electron chi connectivity index (χ0n) is 7.28. The van der Waals surface area contributed by atoms with Gasteiger partial charge >= 0.3 is 0 Å². The van der Waals surface area contributed by atoms with Crippen molar-refractivity contribution in [3.63, 3.8) is 0 Å². The molecule has 0 radical (unpaired) electrons. The van der Waals surface area contributed by atoms with E-state index in [-0.39, 0.29) is 0 Å². The molecule has 0 atom stereocenters. The molecule has 0 amide bonds. The van der Waals surface area contributed by atoms with Crippen LogP contribution in [0.2, 0.25) is 0 Å². The highest BCUT2D eigenvalue weighted by atomic mass is 15.2. The fourth-order valence-corrected chi connectivity index (χ4v) is 1.47. The van der Waals surface area contributed by atoms with Gasteiger partial charge in [0.1, 0.15) is 6.33 Å². The van der Waals surface area contributed by atoms with Gasteiger partial charge in [0.05, 0.1) is 0 Å². The second kappa shape index (κ2) is 2.59. The molecule has 0 spiro atoms. The summed E-state index contributed by atoms with van der Waals surface area (Å²) in [6.07, 6.45) is 4.73. The van der Waals surface area contributed by atoms with Crippen LogP contribution in [0.3, 0.4) is 0 Å². The third kappa shape index (κ3) is 0.897. The number of aromatic nitrogens is 3. The van der Waals surface area contributed by atoms with E-state index in [1.54, 1.807) is 6.33 Å². The third-order valence-corrected chi connectivity index (χ3v) is 2.16. The maximum absolute atomic E-state index is 4.06. The highest BCUT2D eigenvalue weighted by Crippen LogP contribution is 2.13. The number of hydrogen-bond acceptors (Lipinski definition) is 2. The smallest absolute Gasteiger partial charge is 0.164 e. The van der Waals surface area contributed by atoms with E-state index in [2.05, 4.69) is 30.1 Å². The summed E-state index contributed by atoms with van der Waals surface area (Å²) in [5, 5.41) is 7.93. The fraction of sp³-hybridized carbons (Fsp3) is 0.333. The summed E-state index contributed by atoms with van der Waals surface area (Å²) in [7, 11) is 0. The molecule has 0 unspecified atom stereocenters. The quantitative estimate of drug-likeness (QED) is 0.636. The van der Waals surface area contributed by atoms with Gasteiger partial charge in [-0.3, -0.25) is 4.40 Å². The van der Waals surface area contributed by atoms with Crippen molar-refractivity contribution < 1.29 is 0 Å². The van der Waals surface area contributed by atoms with Crippen molar-refractivity contribution in [3.8, 4) is 0 Å². The van der Waals surface area contributed by atoms with E-state index in [1.165, 1.54) is 11.1 Å². The molecule has 0 aliphatic heterocycles. The summed E-state index contributed by atoms with van der Waals surface area (Å²) in [5.41, 5.74) is 3.56. The Morgan fingerprint density at radius 1 is 1.50 bits per heavy atom. The van der Waals surface area contributed by atoms with Crippen LogP contribution in [-0.2, 0) is 6.42 Å². The monoisotopic (exact) mass is 161 g/mol. The lowest BCUT2D eigenvalue weighted by molar-refractivity contribution is 1.06. The molecule has 0 saturated heterocycles. The first-order valence-electron chi connectivity index (χ1n) is 4.10. The van der Waals surface area contributed by atoms with Gasteiger partial charge in [-0.1, -0.05) is 6.92 Å². The number of rotatable bonds is 1. The Labute approximate surface area is 71.1 Å². The van der Waals surface area contributed by atoms with Crippen LogP contribution in [0.25, 0.3) is 5.65 Å². The van der Waals surface area contributed by atoms with Gasteiger partial charge in [0.25, 0.3) is 0 Å². The molecule has 12 heavy (non-hydrogen) atoms. The Morgan fingerprint density at radius 3 is 3.08 bits per heavy atom. The van der Waals surface area contributed by atoms with Gasteiger partial charge in [0, 0.05) is 6.20 Å². The summed E-state index contributed by atoms with van der Waals surface area (Å²) in [5.74, 6) is 0. The van der Waals surface area contributed by atoms with E-state index in [0.717, 1.165) is 12.1 Å². The standard InChI is InChI=1S/C9H11N3/c1-3-8-7(2)4-5-12-6-10-11-9(8)12/h4-6H,3H2,1-2H3. The van der Waals surface area contributed by atoms with Crippen molar-refractivity contribution >= 4 is 5.65 Å². The average molecular weight is 161 g/mol. The predicted octanol–water partition coefficient (Wildman–Crippen LogP) is 1.60. The minimum absolute atomic E-state index is 0.984. The molecule has 2 heterocycles. The minimum atomic E-state index is 0.984. The molecule has 0 fully saturated rings. The van der Waals surface area contributed by atoms with Crippen LogP contribution in [0.1, 0.15) is 18.1 Å². The summed E-state index contributed by atoms with van der Waals surface area (Å²) >= 11 is 0. The van der Waals surface area contributed by atoms with E-state index in [4.69, 9.17) is 0 Å².